The van der Waals surface area contributed by atoms with E-state index in [0.717, 1.165) is 10.4 Å². The van der Waals surface area contributed by atoms with Gasteiger partial charge < -0.3 is 19.4 Å². The topological polar surface area (TPSA) is 95.3 Å². The first-order valence-corrected chi connectivity index (χ1v) is 12.0. The molecular formula is C22H25FN4O4S2. The van der Waals surface area contributed by atoms with Crippen molar-refractivity contribution >= 4 is 40.0 Å². The Labute approximate surface area is 199 Å². The van der Waals surface area contributed by atoms with Crippen LogP contribution < -0.4 is 10.1 Å². The van der Waals surface area contributed by atoms with Crippen LogP contribution in [0.5, 0.6) is 5.75 Å². The van der Waals surface area contributed by atoms with E-state index in [-0.39, 0.29) is 24.1 Å². The summed E-state index contributed by atoms with van der Waals surface area (Å²) in [5.41, 5.74) is 1.19. The average molecular weight is 493 g/mol. The van der Waals surface area contributed by atoms with E-state index in [0.29, 0.717) is 27.3 Å². The molecule has 0 saturated carbocycles. The fourth-order valence-electron chi connectivity index (χ4n) is 3.03. The zero-order valence-corrected chi connectivity index (χ0v) is 20.6. The second-order valence-electron chi connectivity index (χ2n) is 7.16. The van der Waals surface area contributed by atoms with Crippen molar-refractivity contribution in [3.05, 3.63) is 51.9 Å². The molecule has 0 bridgehead atoms. The van der Waals surface area contributed by atoms with Gasteiger partial charge in [0, 0.05) is 11.9 Å². The first-order chi connectivity index (χ1) is 15.7. The Morgan fingerprint density at radius 3 is 2.61 bits per heavy atom. The van der Waals surface area contributed by atoms with Gasteiger partial charge in [0.25, 0.3) is 0 Å². The maximum absolute atomic E-state index is 13.1. The zero-order chi connectivity index (χ0) is 24.1. The van der Waals surface area contributed by atoms with E-state index in [9.17, 15) is 14.0 Å². The van der Waals surface area contributed by atoms with Gasteiger partial charge in [-0.1, -0.05) is 11.8 Å². The van der Waals surface area contributed by atoms with E-state index in [1.807, 2.05) is 20.8 Å². The molecule has 0 aliphatic carbocycles. The summed E-state index contributed by atoms with van der Waals surface area (Å²) in [7, 11) is 1.78. The summed E-state index contributed by atoms with van der Waals surface area (Å²) in [5, 5.41) is 12.1. The predicted octanol–water partition coefficient (Wildman–Crippen LogP) is 4.68. The first-order valence-electron chi connectivity index (χ1n) is 10.2. The molecular weight excluding hydrogens is 467 g/mol. The molecule has 0 aliphatic heterocycles. The van der Waals surface area contributed by atoms with Crippen LogP contribution in [-0.4, -0.2) is 39.0 Å². The molecule has 176 valence electrons. The summed E-state index contributed by atoms with van der Waals surface area (Å²) in [6.07, 6.45) is -0.430. The Balaban J connectivity index is 1.62. The van der Waals surface area contributed by atoms with Crippen molar-refractivity contribution in [3.63, 3.8) is 0 Å². The van der Waals surface area contributed by atoms with Gasteiger partial charge in [-0.25, -0.2) is 9.18 Å². The van der Waals surface area contributed by atoms with Crippen LogP contribution in [0.25, 0.3) is 0 Å². The number of rotatable bonds is 9. The fourth-order valence-corrected chi connectivity index (χ4v) is 4.82. The van der Waals surface area contributed by atoms with Crippen LogP contribution in [0.15, 0.2) is 29.4 Å². The lowest BCUT2D eigenvalue weighted by Gasteiger charge is -2.14. The number of thioether (sulfide) groups is 1. The van der Waals surface area contributed by atoms with Crippen LogP contribution in [0.1, 0.15) is 46.6 Å². The molecule has 2 heterocycles. The second-order valence-corrected chi connectivity index (χ2v) is 9.33. The molecule has 1 atom stereocenters. The van der Waals surface area contributed by atoms with Crippen LogP contribution in [0.3, 0.4) is 0 Å². The van der Waals surface area contributed by atoms with Crippen molar-refractivity contribution < 1.29 is 23.5 Å². The van der Waals surface area contributed by atoms with Crippen molar-refractivity contribution in [1.82, 2.24) is 14.8 Å². The van der Waals surface area contributed by atoms with Crippen molar-refractivity contribution in [2.24, 2.45) is 7.05 Å². The van der Waals surface area contributed by atoms with Crippen LogP contribution in [0.4, 0.5) is 9.39 Å². The summed E-state index contributed by atoms with van der Waals surface area (Å²) in [6, 6.07) is 5.73. The number of amides is 1. The molecule has 0 saturated heterocycles. The lowest BCUT2D eigenvalue weighted by atomic mass is 10.1. The highest BCUT2D eigenvalue weighted by atomic mass is 32.2. The van der Waals surface area contributed by atoms with Crippen molar-refractivity contribution in [3.8, 4) is 5.75 Å². The lowest BCUT2D eigenvalue weighted by Crippen LogP contribution is -2.17. The Bertz CT molecular complexity index is 1140. The maximum Gasteiger partial charge on any atom is 0.341 e. The minimum absolute atomic E-state index is 0.0808. The number of hydrogen-bond donors (Lipinski definition) is 1. The molecule has 8 nitrogen and oxygen atoms in total. The highest BCUT2D eigenvalue weighted by Gasteiger charge is 2.23. The van der Waals surface area contributed by atoms with Crippen molar-refractivity contribution in [2.45, 2.75) is 39.0 Å². The molecule has 0 aliphatic rings. The SMILES string of the molecule is CCOC(=O)c1c(NC(=O)CSc2nnc(C(C)Oc3ccc(F)cc3)n2C)sc(C)c1C. The molecule has 33 heavy (non-hydrogen) atoms. The molecule has 1 N–H and O–H groups in total. The van der Waals surface area contributed by atoms with E-state index in [1.165, 1.54) is 35.2 Å². The van der Waals surface area contributed by atoms with Gasteiger partial charge in [0.15, 0.2) is 17.1 Å². The Morgan fingerprint density at radius 2 is 1.94 bits per heavy atom. The minimum atomic E-state index is -0.449. The number of carbonyl (C=O) groups excluding carboxylic acids is 2. The summed E-state index contributed by atoms with van der Waals surface area (Å²) < 4.78 is 25.7. The summed E-state index contributed by atoms with van der Waals surface area (Å²) >= 11 is 2.56. The standard InChI is InChI=1S/C22H25FN4O4S2/c1-6-30-21(29)18-12(2)14(4)33-20(18)24-17(28)11-32-22-26-25-19(27(22)5)13(3)31-16-9-7-15(23)8-10-16/h7-10,13H,6,11H2,1-5H3,(H,24,28). The van der Waals surface area contributed by atoms with Gasteiger partial charge in [-0.15, -0.1) is 21.5 Å². The highest BCUT2D eigenvalue weighted by Crippen LogP contribution is 2.33. The van der Waals surface area contributed by atoms with Gasteiger partial charge >= 0.3 is 5.97 Å². The normalized spacial score (nSPS) is 11.8. The molecule has 1 unspecified atom stereocenters. The molecule has 11 heteroatoms. The van der Waals surface area contributed by atoms with Crippen LogP contribution in [0, 0.1) is 19.7 Å². The number of benzene rings is 1. The third kappa shape index (κ3) is 5.91. The maximum atomic E-state index is 13.1. The monoisotopic (exact) mass is 492 g/mol. The lowest BCUT2D eigenvalue weighted by molar-refractivity contribution is -0.113. The van der Waals surface area contributed by atoms with Gasteiger partial charge in [0.05, 0.1) is 17.9 Å². The van der Waals surface area contributed by atoms with Crippen molar-refractivity contribution in [1.29, 1.82) is 0 Å². The van der Waals surface area contributed by atoms with E-state index < -0.39 is 12.1 Å². The van der Waals surface area contributed by atoms with Gasteiger partial charge in [-0.2, -0.15) is 0 Å². The van der Waals surface area contributed by atoms with Gasteiger partial charge in [-0.05, 0) is 57.5 Å². The number of aryl methyl sites for hydroxylation is 1. The number of thiophene rings is 1. The first kappa shape index (κ1) is 24.7. The molecule has 0 radical (unpaired) electrons. The van der Waals surface area contributed by atoms with Gasteiger partial charge in [-0.3, -0.25) is 4.79 Å². The number of hydrogen-bond acceptors (Lipinski definition) is 8. The predicted molar refractivity (Wildman–Crippen MR) is 126 cm³/mol. The zero-order valence-electron chi connectivity index (χ0n) is 19.0. The largest absolute Gasteiger partial charge is 0.483 e. The molecule has 2 aromatic heterocycles. The molecule has 1 aromatic carbocycles. The number of carbonyl (C=O) groups is 2. The fraction of sp³-hybridized carbons (Fsp3) is 0.364. The van der Waals surface area contributed by atoms with E-state index >= 15 is 0 Å². The third-order valence-corrected chi connectivity index (χ3v) is 6.95. The number of nitrogens with one attached hydrogen (secondary N) is 1. The highest BCUT2D eigenvalue weighted by molar-refractivity contribution is 7.99. The number of nitrogens with zero attached hydrogens (tertiary/aromatic N) is 3. The third-order valence-electron chi connectivity index (χ3n) is 4.81. The van der Waals surface area contributed by atoms with Gasteiger partial charge in [0.1, 0.15) is 16.6 Å². The van der Waals surface area contributed by atoms with E-state index in [4.69, 9.17) is 9.47 Å². The Kier molecular flexibility index (Phi) is 8.09. The molecule has 1 amide bonds. The van der Waals surface area contributed by atoms with Gasteiger partial charge in [0.2, 0.25) is 5.91 Å². The second kappa shape index (κ2) is 10.8. The molecule has 3 aromatic rings. The van der Waals surface area contributed by atoms with E-state index in [1.54, 1.807) is 30.7 Å². The number of esters is 1. The Hall–Kier alpha value is -2.92. The van der Waals surface area contributed by atoms with Crippen LogP contribution >= 0.6 is 23.1 Å². The number of anilines is 1. The number of halogens is 1. The summed E-state index contributed by atoms with van der Waals surface area (Å²) in [6.45, 7) is 7.53. The van der Waals surface area contributed by atoms with E-state index in [2.05, 4.69) is 15.5 Å². The summed E-state index contributed by atoms with van der Waals surface area (Å²) in [5.74, 6) is 0.100. The smallest absolute Gasteiger partial charge is 0.341 e. The number of ether oxygens (including phenoxy) is 2. The molecule has 0 fully saturated rings. The number of aromatic nitrogens is 3. The van der Waals surface area contributed by atoms with Crippen LogP contribution in [-0.2, 0) is 16.6 Å². The average Bonchev–Trinajstić information content (AvgIpc) is 3.27. The van der Waals surface area contributed by atoms with Crippen LogP contribution in [0.2, 0.25) is 0 Å². The van der Waals surface area contributed by atoms with Crippen molar-refractivity contribution in [2.75, 3.05) is 17.7 Å². The molecule has 0 spiro atoms. The minimum Gasteiger partial charge on any atom is -0.483 e. The Morgan fingerprint density at radius 1 is 1.24 bits per heavy atom. The summed E-state index contributed by atoms with van der Waals surface area (Å²) in [4.78, 5) is 25.8. The molecule has 3 rings (SSSR count). The quantitative estimate of drug-likeness (QED) is 0.342.